The molecule has 1 aromatic carbocycles. The molecule has 0 radical (unpaired) electrons. The van der Waals surface area contributed by atoms with E-state index in [1.165, 1.54) is 12.8 Å². The van der Waals surface area contributed by atoms with E-state index in [4.69, 9.17) is 10.5 Å². The normalized spacial score (nSPS) is 18.4. The molecule has 2 N–H and O–H groups in total. The second-order valence-corrected chi connectivity index (χ2v) is 5.93. The number of hydrogen-bond donors (Lipinski definition) is 1. The number of methoxy groups -OCH3 is 1. The summed E-state index contributed by atoms with van der Waals surface area (Å²) in [6.45, 7) is 2.43. The molecule has 0 heterocycles. The van der Waals surface area contributed by atoms with E-state index in [9.17, 15) is 4.79 Å². The molecule has 3 heteroatoms. The van der Waals surface area contributed by atoms with E-state index in [-0.39, 0.29) is 5.78 Å². The van der Waals surface area contributed by atoms with Gasteiger partial charge in [0.05, 0.1) is 12.7 Å². The maximum absolute atomic E-state index is 13.1. The van der Waals surface area contributed by atoms with Crippen molar-refractivity contribution in [3.8, 4) is 5.75 Å². The predicted molar refractivity (Wildman–Crippen MR) is 81.3 cm³/mol. The summed E-state index contributed by atoms with van der Waals surface area (Å²) in [6.07, 6.45) is 6.41. The molecule has 0 spiro atoms. The Morgan fingerprint density at radius 1 is 1.25 bits per heavy atom. The van der Waals surface area contributed by atoms with E-state index in [1.54, 1.807) is 7.11 Å². The Kier molecular flexibility index (Phi) is 4.81. The van der Waals surface area contributed by atoms with E-state index in [0.29, 0.717) is 17.9 Å². The number of carbonyl (C=O) groups is 1. The second-order valence-electron chi connectivity index (χ2n) is 5.93. The summed E-state index contributed by atoms with van der Waals surface area (Å²) < 4.78 is 5.37. The van der Waals surface area contributed by atoms with Crippen LogP contribution in [-0.4, -0.2) is 19.4 Å². The molecule has 2 rings (SSSR count). The molecular formula is C17H25NO2. The molecule has 1 saturated carbocycles. The van der Waals surface area contributed by atoms with E-state index < -0.39 is 5.41 Å². The van der Waals surface area contributed by atoms with Crippen LogP contribution in [0.5, 0.6) is 5.75 Å². The predicted octanol–water partition coefficient (Wildman–Crippen LogP) is 3.49. The zero-order chi connectivity index (χ0) is 14.6. The molecule has 1 aromatic rings. The van der Waals surface area contributed by atoms with Crippen molar-refractivity contribution in [3.63, 3.8) is 0 Å². The van der Waals surface area contributed by atoms with Crippen LogP contribution in [0.25, 0.3) is 0 Å². The van der Waals surface area contributed by atoms with Crippen LogP contribution < -0.4 is 10.5 Å². The largest absolute Gasteiger partial charge is 0.496 e. The number of ether oxygens (including phenoxy) is 1. The van der Waals surface area contributed by atoms with Crippen molar-refractivity contribution in [1.82, 2.24) is 0 Å². The van der Waals surface area contributed by atoms with Crippen LogP contribution >= 0.6 is 0 Å². The van der Waals surface area contributed by atoms with Gasteiger partial charge in [0.25, 0.3) is 0 Å². The minimum atomic E-state index is -0.391. The number of ketones is 1. The molecule has 0 saturated heterocycles. The van der Waals surface area contributed by atoms with Crippen molar-refractivity contribution in [2.75, 3.05) is 13.7 Å². The molecule has 1 aliphatic rings. The SMILES string of the molecule is COc1ccc(C)cc1C(=O)C1(CN)CCCCCC1. The minimum Gasteiger partial charge on any atom is -0.496 e. The van der Waals surface area contributed by atoms with Crippen molar-refractivity contribution >= 4 is 5.78 Å². The van der Waals surface area contributed by atoms with Crippen molar-refractivity contribution in [2.45, 2.75) is 45.4 Å². The minimum absolute atomic E-state index is 0.169. The molecule has 110 valence electrons. The van der Waals surface area contributed by atoms with Crippen molar-refractivity contribution in [1.29, 1.82) is 0 Å². The zero-order valence-corrected chi connectivity index (χ0v) is 12.6. The van der Waals surface area contributed by atoms with Gasteiger partial charge in [-0.2, -0.15) is 0 Å². The summed E-state index contributed by atoms with van der Waals surface area (Å²) in [5.74, 6) is 0.833. The first-order valence-electron chi connectivity index (χ1n) is 7.52. The molecular weight excluding hydrogens is 250 g/mol. The summed E-state index contributed by atoms with van der Waals surface area (Å²) in [5, 5.41) is 0. The first-order chi connectivity index (χ1) is 9.63. The molecule has 0 aliphatic heterocycles. The lowest BCUT2D eigenvalue weighted by molar-refractivity contribution is 0.0771. The number of aryl methyl sites for hydroxylation is 1. The molecule has 1 aliphatic carbocycles. The van der Waals surface area contributed by atoms with E-state index >= 15 is 0 Å². The summed E-state index contributed by atoms with van der Waals surface area (Å²) in [7, 11) is 1.61. The van der Waals surface area contributed by atoms with Gasteiger partial charge < -0.3 is 10.5 Å². The molecule has 0 unspecified atom stereocenters. The third kappa shape index (κ3) is 2.88. The maximum Gasteiger partial charge on any atom is 0.173 e. The van der Waals surface area contributed by atoms with Gasteiger partial charge in [-0.1, -0.05) is 37.3 Å². The van der Waals surface area contributed by atoms with Crippen molar-refractivity contribution < 1.29 is 9.53 Å². The van der Waals surface area contributed by atoms with Crippen LogP contribution in [0.2, 0.25) is 0 Å². The average Bonchev–Trinajstić information content (AvgIpc) is 2.72. The fourth-order valence-corrected chi connectivity index (χ4v) is 3.21. The fourth-order valence-electron chi connectivity index (χ4n) is 3.21. The van der Waals surface area contributed by atoms with Crippen molar-refractivity contribution in [3.05, 3.63) is 29.3 Å². The topological polar surface area (TPSA) is 52.3 Å². The van der Waals surface area contributed by atoms with Gasteiger partial charge in [0.1, 0.15) is 5.75 Å². The Balaban J connectivity index is 2.39. The van der Waals surface area contributed by atoms with E-state index in [0.717, 1.165) is 31.2 Å². The molecule has 20 heavy (non-hydrogen) atoms. The number of rotatable bonds is 4. The second kappa shape index (κ2) is 6.40. The number of carbonyl (C=O) groups excluding carboxylic acids is 1. The van der Waals surface area contributed by atoms with Crippen LogP contribution in [0.3, 0.4) is 0 Å². The molecule has 0 aromatic heterocycles. The van der Waals surface area contributed by atoms with Crippen LogP contribution in [0.4, 0.5) is 0 Å². The standard InChI is InChI=1S/C17H25NO2/c1-13-7-8-15(20-2)14(11-13)16(19)17(12-18)9-5-3-4-6-10-17/h7-8,11H,3-6,9-10,12,18H2,1-2H3. The first kappa shape index (κ1) is 15.0. The highest BCUT2D eigenvalue weighted by Crippen LogP contribution is 2.39. The number of nitrogens with two attached hydrogens (primary N) is 1. The van der Waals surface area contributed by atoms with Crippen LogP contribution in [0.1, 0.15) is 54.4 Å². The first-order valence-corrected chi connectivity index (χ1v) is 7.52. The molecule has 0 atom stereocenters. The number of Topliss-reactive ketones (excluding diaryl/α,β-unsaturated/α-hetero) is 1. The highest BCUT2D eigenvalue weighted by molar-refractivity contribution is 6.03. The molecule has 3 nitrogen and oxygen atoms in total. The Hall–Kier alpha value is -1.35. The average molecular weight is 275 g/mol. The third-order valence-electron chi connectivity index (χ3n) is 4.53. The van der Waals surface area contributed by atoms with Crippen LogP contribution in [0, 0.1) is 12.3 Å². The molecule has 0 amide bonds. The number of benzene rings is 1. The van der Waals surface area contributed by atoms with Crippen LogP contribution in [0.15, 0.2) is 18.2 Å². The summed E-state index contributed by atoms with van der Waals surface area (Å²) in [5.41, 5.74) is 7.40. The van der Waals surface area contributed by atoms with E-state index in [1.807, 2.05) is 25.1 Å². The lowest BCUT2D eigenvalue weighted by atomic mass is 9.74. The Labute approximate surface area is 121 Å². The summed E-state index contributed by atoms with van der Waals surface area (Å²) in [6, 6.07) is 5.78. The highest BCUT2D eigenvalue weighted by atomic mass is 16.5. The fraction of sp³-hybridized carbons (Fsp3) is 0.588. The van der Waals surface area contributed by atoms with Gasteiger partial charge in [-0.15, -0.1) is 0 Å². The quantitative estimate of drug-likeness (QED) is 0.676. The van der Waals surface area contributed by atoms with Gasteiger partial charge >= 0.3 is 0 Å². The maximum atomic E-state index is 13.1. The van der Waals surface area contributed by atoms with Gasteiger partial charge in [-0.05, 0) is 31.9 Å². The van der Waals surface area contributed by atoms with E-state index in [2.05, 4.69) is 0 Å². The van der Waals surface area contributed by atoms with Gasteiger partial charge in [-0.3, -0.25) is 4.79 Å². The van der Waals surface area contributed by atoms with Gasteiger partial charge in [0.2, 0.25) is 0 Å². The Morgan fingerprint density at radius 2 is 1.90 bits per heavy atom. The smallest absolute Gasteiger partial charge is 0.173 e. The summed E-state index contributed by atoms with van der Waals surface area (Å²) >= 11 is 0. The highest BCUT2D eigenvalue weighted by Gasteiger charge is 2.38. The summed E-state index contributed by atoms with van der Waals surface area (Å²) in [4.78, 5) is 13.1. The van der Waals surface area contributed by atoms with Gasteiger partial charge in [0, 0.05) is 12.0 Å². The lowest BCUT2D eigenvalue weighted by Gasteiger charge is -2.30. The Morgan fingerprint density at radius 3 is 2.45 bits per heavy atom. The lowest BCUT2D eigenvalue weighted by Crippen LogP contribution is -2.38. The molecule has 0 bridgehead atoms. The van der Waals surface area contributed by atoms with Gasteiger partial charge in [-0.25, -0.2) is 0 Å². The molecule has 1 fully saturated rings. The zero-order valence-electron chi connectivity index (χ0n) is 12.6. The monoisotopic (exact) mass is 275 g/mol. The van der Waals surface area contributed by atoms with Crippen molar-refractivity contribution in [2.24, 2.45) is 11.1 Å². The number of hydrogen-bond acceptors (Lipinski definition) is 3. The van der Waals surface area contributed by atoms with Crippen LogP contribution in [-0.2, 0) is 0 Å². The van der Waals surface area contributed by atoms with Gasteiger partial charge in [0.15, 0.2) is 5.78 Å². The Bertz CT molecular complexity index is 474. The third-order valence-corrected chi connectivity index (χ3v) is 4.53.